The van der Waals surface area contributed by atoms with Crippen LogP contribution in [0.3, 0.4) is 0 Å². The molecule has 0 spiro atoms. The molecule has 0 atom stereocenters. The molecule has 14 heteroatoms. The number of hydrazone groups is 1. The van der Waals surface area contributed by atoms with Crippen LogP contribution in [0.25, 0.3) is 0 Å². The largest absolute Gasteiger partial charge is 0.493 e. The first-order valence-corrected chi connectivity index (χ1v) is 11.6. The van der Waals surface area contributed by atoms with Crippen LogP contribution < -0.4 is 24.4 Å². The summed E-state index contributed by atoms with van der Waals surface area (Å²) in [5.74, 6) is 0.468. The second kappa shape index (κ2) is 12.5. The second-order valence-corrected chi connectivity index (χ2v) is 8.15. The first-order chi connectivity index (χ1) is 18.2. The van der Waals surface area contributed by atoms with E-state index >= 15 is 0 Å². The molecule has 0 fully saturated rings. The van der Waals surface area contributed by atoms with Gasteiger partial charge in [0.2, 0.25) is 5.75 Å². The highest BCUT2D eigenvalue weighted by Crippen LogP contribution is 2.42. The lowest BCUT2D eigenvalue weighted by Crippen LogP contribution is -2.17. The first kappa shape index (κ1) is 27.9. The number of nitro benzene ring substituents is 2. The molecule has 3 aromatic carbocycles. The van der Waals surface area contributed by atoms with E-state index in [0.717, 1.165) is 18.2 Å². The quantitative estimate of drug-likeness (QED) is 0.179. The molecule has 0 saturated heterocycles. The number of nitrogens with zero attached hydrogens (tertiary/aromatic N) is 3. The molecule has 0 aromatic heterocycles. The number of amides is 1. The van der Waals surface area contributed by atoms with Gasteiger partial charge in [0.15, 0.2) is 23.0 Å². The van der Waals surface area contributed by atoms with Gasteiger partial charge in [0.25, 0.3) is 11.6 Å². The molecule has 0 aliphatic heterocycles. The number of hydrogen-bond donors (Lipinski definition) is 1. The number of carbonyl (C=O) groups excluding carboxylic acids is 1. The van der Waals surface area contributed by atoms with Crippen molar-refractivity contribution in [3.05, 3.63) is 84.4 Å². The zero-order chi connectivity index (χ0) is 27.8. The molecule has 3 aromatic rings. The van der Waals surface area contributed by atoms with Crippen molar-refractivity contribution in [3.8, 4) is 28.7 Å². The van der Waals surface area contributed by atoms with Crippen LogP contribution in [0, 0.1) is 20.2 Å². The van der Waals surface area contributed by atoms with E-state index in [2.05, 4.69) is 26.5 Å². The zero-order valence-corrected chi connectivity index (χ0v) is 21.9. The number of non-ortho nitro benzene ring substituents is 1. The first-order valence-electron chi connectivity index (χ1n) is 10.8. The van der Waals surface area contributed by atoms with E-state index in [0.29, 0.717) is 33.7 Å². The molecule has 38 heavy (non-hydrogen) atoms. The Hall–Kier alpha value is -4.72. The summed E-state index contributed by atoms with van der Waals surface area (Å²) in [4.78, 5) is 33.4. The summed E-state index contributed by atoms with van der Waals surface area (Å²) in [5.41, 5.74) is 2.16. The number of hydrogen-bond acceptors (Lipinski definition) is 10. The number of ether oxygens (including phenoxy) is 4. The van der Waals surface area contributed by atoms with E-state index in [-0.39, 0.29) is 17.2 Å². The molecule has 0 aliphatic rings. The van der Waals surface area contributed by atoms with Gasteiger partial charge in [0.05, 0.1) is 47.4 Å². The number of benzene rings is 3. The van der Waals surface area contributed by atoms with Crippen LogP contribution in [0.2, 0.25) is 0 Å². The smallest absolute Gasteiger partial charge is 0.318 e. The summed E-state index contributed by atoms with van der Waals surface area (Å²) in [5, 5.41) is 26.4. The number of carbonyl (C=O) groups is 1. The fourth-order valence-electron chi connectivity index (χ4n) is 3.19. The topological polar surface area (TPSA) is 165 Å². The van der Waals surface area contributed by atoms with E-state index in [4.69, 9.17) is 18.9 Å². The van der Waals surface area contributed by atoms with Crippen LogP contribution in [0.4, 0.5) is 11.4 Å². The van der Waals surface area contributed by atoms with Crippen molar-refractivity contribution < 1.29 is 33.6 Å². The molecule has 1 amide bonds. The maximum Gasteiger partial charge on any atom is 0.318 e. The summed E-state index contributed by atoms with van der Waals surface area (Å²) < 4.78 is 22.1. The molecule has 0 unspecified atom stereocenters. The summed E-state index contributed by atoms with van der Waals surface area (Å²) in [6.45, 7) is 2.28. The van der Waals surface area contributed by atoms with Gasteiger partial charge in [-0.2, -0.15) is 5.10 Å². The molecule has 13 nitrogen and oxygen atoms in total. The third-order valence-electron chi connectivity index (χ3n) is 4.92. The minimum absolute atomic E-state index is 0.0899. The van der Waals surface area contributed by atoms with Gasteiger partial charge < -0.3 is 18.9 Å². The highest BCUT2D eigenvalue weighted by atomic mass is 79.9. The van der Waals surface area contributed by atoms with E-state index in [9.17, 15) is 25.0 Å². The van der Waals surface area contributed by atoms with E-state index in [1.807, 2.05) is 6.92 Å². The van der Waals surface area contributed by atoms with Gasteiger partial charge >= 0.3 is 5.69 Å². The fourth-order valence-corrected chi connectivity index (χ4v) is 3.73. The standard InChI is InChI=1S/C24H21BrN4O9/c1-4-37-20-7-5-15(11-21(20)35-2)24(30)27-26-13-14-9-17(25)23(22(10-14)36-3)38-19-8-6-16(28(31)32)12-18(19)29(33)34/h5-13H,4H2,1-3H3,(H,27,30)/b26-13+. The van der Waals surface area contributed by atoms with Crippen molar-refractivity contribution in [1.29, 1.82) is 0 Å². The SMILES string of the molecule is CCOc1ccc(C(=O)N/N=C/c2cc(Br)c(Oc3ccc([N+](=O)[O-])cc3[N+](=O)[O-])c(OC)c2)cc1OC. The van der Waals surface area contributed by atoms with Crippen LogP contribution >= 0.6 is 15.9 Å². The van der Waals surface area contributed by atoms with Crippen LogP contribution in [-0.2, 0) is 0 Å². The van der Waals surface area contributed by atoms with E-state index < -0.39 is 27.1 Å². The van der Waals surface area contributed by atoms with Gasteiger partial charge in [0, 0.05) is 11.6 Å². The molecule has 3 rings (SSSR count). The number of halogens is 1. The highest BCUT2D eigenvalue weighted by Gasteiger charge is 2.23. The van der Waals surface area contributed by atoms with Gasteiger partial charge in [-0.1, -0.05) is 0 Å². The number of rotatable bonds is 11. The maximum absolute atomic E-state index is 12.5. The number of methoxy groups -OCH3 is 2. The highest BCUT2D eigenvalue weighted by molar-refractivity contribution is 9.10. The third kappa shape index (κ3) is 6.53. The van der Waals surface area contributed by atoms with Crippen LogP contribution in [0.5, 0.6) is 28.7 Å². The maximum atomic E-state index is 12.5. The summed E-state index contributed by atoms with van der Waals surface area (Å²) in [6, 6.07) is 10.8. The Morgan fingerprint density at radius 1 is 0.974 bits per heavy atom. The Balaban J connectivity index is 1.80. The average molecular weight is 589 g/mol. The summed E-state index contributed by atoms with van der Waals surface area (Å²) in [6.07, 6.45) is 1.36. The minimum Gasteiger partial charge on any atom is -0.493 e. The van der Waals surface area contributed by atoms with Gasteiger partial charge in [-0.3, -0.25) is 25.0 Å². The molecule has 1 N–H and O–H groups in total. The zero-order valence-electron chi connectivity index (χ0n) is 20.3. The molecule has 0 bridgehead atoms. The molecule has 0 saturated carbocycles. The summed E-state index contributed by atoms with van der Waals surface area (Å²) in [7, 11) is 2.83. The van der Waals surface area contributed by atoms with Gasteiger partial charge in [0.1, 0.15) is 0 Å². The third-order valence-corrected chi connectivity index (χ3v) is 5.51. The Morgan fingerprint density at radius 3 is 2.32 bits per heavy atom. The molecule has 0 aliphatic carbocycles. The second-order valence-electron chi connectivity index (χ2n) is 7.30. The van der Waals surface area contributed by atoms with Gasteiger partial charge in [-0.05, 0) is 64.8 Å². The van der Waals surface area contributed by atoms with Crippen molar-refractivity contribution in [2.75, 3.05) is 20.8 Å². The van der Waals surface area contributed by atoms with Crippen molar-refractivity contribution in [1.82, 2.24) is 5.43 Å². The Kier molecular flexibility index (Phi) is 9.16. The van der Waals surface area contributed by atoms with E-state index in [1.54, 1.807) is 18.2 Å². The fraction of sp³-hybridized carbons (Fsp3) is 0.167. The van der Waals surface area contributed by atoms with Crippen LogP contribution in [0.1, 0.15) is 22.8 Å². The lowest BCUT2D eigenvalue weighted by Gasteiger charge is -2.13. The van der Waals surface area contributed by atoms with E-state index in [1.165, 1.54) is 32.6 Å². The van der Waals surface area contributed by atoms with Gasteiger partial charge in [-0.15, -0.1) is 0 Å². The normalized spacial score (nSPS) is 10.6. The predicted octanol–water partition coefficient (Wildman–Crippen LogP) is 5.24. The Bertz CT molecular complexity index is 1410. The average Bonchev–Trinajstić information content (AvgIpc) is 2.90. The van der Waals surface area contributed by atoms with Crippen molar-refractivity contribution in [2.24, 2.45) is 5.10 Å². The minimum atomic E-state index is -0.785. The van der Waals surface area contributed by atoms with Crippen LogP contribution in [-0.4, -0.2) is 42.8 Å². The molecule has 0 radical (unpaired) electrons. The molecular formula is C24H21BrN4O9. The predicted molar refractivity (Wildman–Crippen MR) is 140 cm³/mol. The lowest BCUT2D eigenvalue weighted by atomic mass is 10.2. The molecule has 198 valence electrons. The number of nitrogens with one attached hydrogen (secondary N) is 1. The van der Waals surface area contributed by atoms with Crippen molar-refractivity contribution >= 4 is 39.4 Å². The molecular weight excluding hydrogens is 568 g/mol. The van der Waals surface area contributed by atoms with Crippen LogP contribution in [0.15, 0.2) is 58.1 Å². The van der Waals surface area contributed by atoms with Crippen molar-refractivity contribution in [3.63, 3.8) is 0 Å². The lowest BCUT2D eigenvalue weighted by molar-refractivity contribution is -0.394. The Morgan fingerprint density at radius 2 is 1.68 bits per heavy atom. The Labute approximate surface area is 224 Å². The molecule has 0 heterocycles. The van der Waals surface area contributed by atoms with Crippen molar-refractivity contribution in [2.45, 2.75) is 6.92 Å². The van der Waals surface area contributed by atoms with Gasteiger partial charge in [-0.25, -0.2) is 5.43 Å². The summed E-state index contributed by atoms with van der Waals surface area (Å²) >= 11 is 3.33. The number of nitro groups is 2. The monoisotopic (exact) mass is 588 g/mol.